The van der Waals surface area contributed by atoms with Gasteiger partial charge in [-0.15, -0.1) is 0 Å². The number of hydrogen-bond acceptors (Lipinski definition) is 3. The quantitative estimate of drug-likeness (QED) is 0.453. The summed E-state index contributed by atoms with van der Waals surface area (Å²) in [6.45, 7) is 1.42. The van der Waals surface area contributed by atoms with E-state index < -0.39 is 0 Å². The van der Waals surface area contributed by atoms with Crippen molar-refractivity contribution in [1.29, 1.82) is 0 Å². The summed E-state index contributed by atoms with van der Waals surface area (Å²) in [5.41, 5.74) is 1.78. The van der Waals surface area contributed by atoms with Gasteiger partial charge in [0.2, 0.25) is 5.91 Å². The van der Waals surface area contributed by atoms with E-state index >= 15 is 0 Å². The van der Waals surface area contributed by atoms with E-state index in [1.165, 1.54) is 0 Å². The van der Waals surface area contributed by atoms with E-state index in [0.717, 1.165) is 31.4 Å². The molecule has 0 atom stereocenters. The van der Waals surface area contributed by atoms with Gasteiger partial charge in [-0.05, 0) is 19.3 Å². The van der Waals surface area contributed by atoms with Gasteiger partial charge >= 0.3 is 0 Å². The molecule has 1 N–H and O–H groups in total. The predicted octanol–water partition coefficient (Wildman–Crippen LogP) is 0.530. The van der Waals surface area contributed by atoms with E-state index in [2.05, 4.69) is 5.32 Å². The number of rotatable bonds is 0. The Hall–Kier alpha value is -1.16. The predicted molar refractivity (Wildman–Crippen MR) is 49.5 cm³/mol. The molecule has 0 aromatic heterocycles. The lowest BCUT2D eigenvalue weighted by molar-refractivity contribution is -0.124. The maximum Gasteiger partial charge on any atom is 0.254 e. The van der Waals surface area contributed by atoms with Crippen molar-refractivity contribution >= 4 is 11.8 Å². The minimum atomic E-state index is -0.202. The van der Waals surface area contributed by atoms with Gasteiger partial charge in [-0.3, -0.25) is 14.9 Å². The van der Waals surface area contributed by atoms with E-state index in [9.17, 15) is 9.59 Å². The molecule has 14 heavy (non-hydrogen) atoms. The number of ether oxygens (including phenoxy) is 1. The van der Waals surface area contributed by atoms with Crippen molar-refractivity contribution in [3.05, 3.63) is 11.1 Å². The summed E-state index contributed by atoms with van der Waals surface area (Å²) in [5, 5.41) is 2.31. The van der Waals surface area contributed by atoms with Crippen LogP contribution in [0.1, 0.15) is 25.7 Å². The van der Waals surface area contributed by atoms with E-state index in [1.807, 2.05) is 0 Å². The largest absolute Gasteiger partial charge is 0.381 e. The summed E-state index contributed by atoms with van der Waals surface area (Å²) >= 11 is 0. The minimum absolute atomic E-state index is 0.178. The van der Waals surface area contributed by atoms with Crippen LogP contribution >= 0.6 is 0 Å². The Morgan fingerprint density at radius 1 is 1.14 bits per heavy atom. The summed E-state index contributed by atoms with van der Waals surface area (Å²) in [4.78, 5) is 22.4. The number of carbonyl (C=O) groups is 2. The maximum atomic E-state index is 11.4. The Morgan fingerprint density at radius 2 is 2.00 bits per heavy atom. The zero-order valence-electron chi connectivity index (χ0n) is 7.97. The van der Waals surface area contributed by atoms with Gasteiger partial charge < -0.3 is 4.74 Å². The molecular weight excluding hydrogens is 182 g/mol. The Balaban J connectivity index is 2.19. The average Bonchev–Trinajstić information content (AvgIpc) is 2.43. The van der Waals surface area contributed by atoms with Gasteiger partial charge in [0, 0.05) is 12.2 Å². The number of carbonyl (C=O) groups excluding carboxylic acids is 2. The molecule has 0 aromatic rings. The smallest absolute Gasteiger partial charge is 0.254 e. The second-order valence-electron chi connectivity index (χ2n) is 3.60. The SMILES string of the molecule is O=C1CC(=C2CCCOCC2)C(=O)N1. The molecule has 2 aliphatic heterocycles. The van der Waals surface area contributed by atoms with Gasteiger partial charge in [-0.1, -0.05) is 5.57 Å². The normalized spacial score (nSPS) is 28.9. The summed E-state index contributed by atoms with van der Waals surface area (Å²) < 4.78 is 5.30. The fourth-order valence-corrected chi connectivity index (χ4v) is 1.88. The monoisotopic (exact) mass is 195 g/mol. The third kappa shape index (κ3) is 1.85. The fraction of sp³-hybridized carbons (Fsp3) is 0.600. The first kappa shape index (κ1) is 9.40. The molecule has 2 amide bonds. The van der Waals surface area contributed by atoms with Gasteiger partial charge in [0.15, 0.2) is 0 Å². The van der Waals surface area contributed by atoms with Crippen LogP contribution < -0.4 is 5.32 Å². The van der Waals surface area contributed by atoms with Crippen LogP contribution in [0.5, 0.6) is 0 Å². The zero-order valence-corrected chi connectivity index (χ0v) is 7.97. The van der Waals surface area contributed by atoms with Crippen molar-refractivity contribution in [2.75, 3.05) is 13.2 Å². The lowest BCUT2D eigenvalue weighted by Gasteiger charge is -2.03. The summed E-state index contributed by atoms with van der Waals surface area (Å²) in [6, 6.07) is 0. The molecule has 0 aromatic carbocycles. The molecule has 0 radical (unpaired) electrons. The molecule has 2 heterocycles. The van der Waals surface area contributed by atoms with Crippen LogP contribution in [0.2, 0.25) is 0 Å². The third-order valence-electron chi connectivity index (χ3n) is 2.61. The van der Waals surface area contributed by atoms with Gasteiger partial charge in [-0.2, -0.15) is 0 Å². The zero-order chi connectivity index (χ0) is 9.97. The van der Waals surface area contributed by atoms with Crippen LogP contribution in [0.3, 0.4) is 0 Å². The van der Waals surface area contributed by atoms with Gasteiger partial charge in [-0.25, -0.2) is 0 Å². The Morgan fingerprint density at radius 3 is 2.71 bits per heavy atom. The lowest BCUT2D eigenvalue weighted by Crippen LogP contribution is -2.19. The van der Waals surface area contributed by atoms with Crippen LogP contribution in [0.25, 0.3) is 0 Å². The number of imide groups is 1. The standard InChI is InChI=1S/C10H13NO3/c12-9-6-8(10(13)11-9)7-2-1-4-14-5-3-7/h1-6H2,(H,11,12,13). The molecule has 0 unspecified atom stereocenters. The molecule has 0 aliphatic carbocycles. The second kappa shape index (κ2) is 3.92. The Kier molecular flexibility index (Phi) is 2.63. The fourth-order valence-electron chi connectivity index (χ4n) is 1.88. The van der Waals surface area contributed by atoms with E-state index in [-0.39, 0.29) is 18.2 Å². The first-order valence-electron chi connectivity index (χ1n) is 4.90. The van der Waals surface area contributed by atoms with Crippen molar-refractivity contribution in [3.8, 4) is 0 Å². The van der Waals surface area contributed by atoms with Crippen LogP contribution in [-0.4, -0.2) is 25.0 Å². The molecule has 0 saturated carbocycles. The average molecular weight is 195 g/mol. The molecule has 76 valence electrons. The van der Waals surface area contributed by atoms with Crippen LogP contribution in [0, 0.1) is 0 Å². The molecule has 2 saturated heterocycles. The van der Waals surface area contributed by atoms with Crippen molar-refractivity contribution in [2.24, 2.45) is 0 Å². The van der Waals surface area contributed by atoms with E-state index in [4.69, 9.17) is 4.74 Å². The molecule has 0 bridgehead atoms. The first-order chi connectivity index (χ1) is 6.77. The van der Waals surface area contributed by atoms with Crippen molar-refractivity contribution < 1.29 is 14.3 Å². The molecule has 4 heteroatoms. The van der Waals surface area contributed by atoms with Crippen molar-refractivity contribution in [2.45, 2.75) is 25.7 Å². The highest BCUT2D eigenvalue weighted by Crippen LogP contribution is 2.23. The highest BCUT2D eigenvalue weighted by atomic mass is 16.5. The molecule has 2 aliphatic rings. The third-order valence-corrected chi connectivity index (χ3v) is 2.61. The van der Waals surface area contributed by atoms with Crippen molar-refractivity contribution in [1.82, 2.24) is 5.32 Å². The molecular formula is C10H13NO3. The number of hydrogen-bond donors (Lipinski definition) is 1. The highest BCUT2D eigenvalue weighted by molar-refractivity contribution is 6.13. The number of nitrogens with one attached hydrogen (secondary N) is 1. The van der Waals surface area contributed by atoms with Crippen LogP contribution in [-0.2, 0) is 14.3 Å². The summed E-state index contributed by atoms with van der Waals surface area (Å²) in [7, 11) is 0. The van der Waals surface area contributed by atoms with Gasteiger partial charge in [0.25, 0.3) is 5.91 Å². The van der Waals surface area contributed by atoms with Gasteiger partial charge in [0.05, 0.1) is 13.0 Å². The highest BCUT2D eigenvalue weighted by Gasteiger charge is 2.27. The van der Waals surface area contributed by atoms with E-state index in [0.29, 0.717) is 12.2 Å². The van der Waals surface area contributed by atoms with Crippen molar-refractivity contribution in [3.63, 3.8) is 0 Å². The van der Waals surface area contributed by atoms with Crippen LogP contribution in [0.4, 0.5) is 0 Å². The number of amides is 2. The topological polar surface area (TPSA) is 55.4 Å². The Bertz CT molecular complexity index is 296. The minimum Gasteiger partial charge on any atom is -0.381 e. The maximum absolute atomic E-state index is 11.4. The molecule has 0 spiro atoms. The van der Waals surface area contributed by atoms with Gasteiger partial charge in [0.1, 0.15) is 0 Å². The molecule has 2 fully saturated rings. The second-order valence-corrected chi connectivity index (χ2v) is 3.60. The van der Waals surface area contributed by atoms with Crippen LogP contribution in [0.15, 0.2) is 11.1 Å². The molecule has 4 nitrogen and oxygen atoms in total. The lowest BCUT2D eigenvalue weighted by atomic mass is 10.00. The summed E-state index contributed by atoms with van der Waals surface area (Å²) in [5.74, 6) is -0.380. The summed E-state index contributed by atoms with van der Waals surface area (Å²) in [6.07, 6.45) is 2.88. The molecule has 2 rings (SSSR count). The van der Waals surface area contributed by atoms with E-state index in [1.54, 1.807) is 0 Å². The Labute approximate surface area is 82.3 Å². The first-order valence-corrected chi connectivity index (χ1v) is 4.90.